The number of hydrogen-bond donors (Lipinski definition) is 1. The molecule has 0 bridgehead atoms. The van der Waals surface area contributed by atoms with Crippen LogP contribution in [-0.4, -0.2) is 23.9 Å². The molecule has 1 unspecified atom stereocenters. The summed E-state index contributed by atoms with van der Waals surface area (Å²) >= 11 is 0. The summed E-state index contributed by atoms with van der Waals surface area (Å²) in [6, 6.07) is 14.8. The van der Waals surface area contributed by atoms with Crippen molar-refractivity contribution in [2.24, 2.45) is 0 Å². The van der Waals surface area contributed by atoms with Crippen molar-refractivity contribution < 1.29 is 4.79 Å². The number of hydrogen-bond acceptors (Lipinski definition) is 2. The van der Waals surface area contributed by atoms with Crippen LogP contribution in [0.4, 0.5) is 0 Å². The van der Waals surface area contributed by atoms with Gasteiger partial charge in [0.25, 0.3) is 0 Å². The van der Waals surface area contributed by atoms with Crippen molar-refractivity contribution in [2.75, 3.05) is 13.1 Å². The second-order valence-electron chi connectivity index (χ2n) is 6.49. The molecule has 3 heteroatoms. The maximum absolute atomic E-state index is 12.0. The van der Waals surface area contributed by atoms with Crippen LogP contribution in [0.3, 0.4) is 0 Å². The molecule has 1 aliphatic rings. The molecule has 0 saturated carbocycles. The highest BCUT2D eigenvalue weighted by atomic mass is 16.2. The largest absolute Gasteiger partial charge is 0.335 e. The van der Waals surface area contributed by atoms with Gasteiger partial charge >= 0.3 is 0 Å². The van der Waals surface area contributed by atoms with E-state index in [0.29, 0.717) is 6.54 Å². The van der Waals surface area contributed by atoms with Gasteiger partial charge in [-0.15, -0.1) is 0 Å². The molecule has 3 rings (SSSR count). The predicted molar refractivity (Wildman–Crippen MR) is 93.3 cm³/mol. The Morgan fingerprint density at radius 1 is 1.09 bits per heavy atom. The van der Waals surface area contributed by atoms with Crippen molar-refractivity contribution in [3.63, 3.8) is 0 Å². The summed E-state index contributed by atoms with van der Waals surface area (Å²) in [6.45, 7) is 7.74. The normalized spacial score (nSPS) is 18.2. The smallest absolute Gasteiger partial charge is 0.235 e. The maximum Gasteiger partial charge on any atom is 0.235 e. The second-order valence-corrected chi connectivity index (χ2v) is 6.49. The summed E-state index contributed by atoms with van der Waals surface area (Å²) < 4.78 is 0. The first-order valence-corrected chi connectivity index (χ1v) is 8.19. The van der Waals surface area contributed by atoms with E-state index in [1.165, 1.54) is 27.8 Å². The van der Waals surface area contributed by atoms with Crippen LogP contribution in [0.1, 0.15) is 34.0 Å². The van der Waals surface area contributed by atoms with Crippen LogP contribution in [0, 0.1) is 20.8 Å². The van der Waals surface area contributed by atoms with E-state index in [0.717, 1.165) is 13.0 Å². The molecule has 1 N–H and O–H groups in total. The molecule has 1 atom stereocenters. The molecule has 0 radical (unpaired) electrons. The van der Waals surface area contributed by atoms with E-state index < -0.39 is 0 Å². The molecule has 0 spiro atoms. The van der Waals surface area contributed by atoms with Gasteiger partial charge in [0, 0.05) is 6.54 Å². The number of rotatable bonds is 4. The van der Waals surface area contributed by atoms with E-state index in [2.05, 4.69) is 67.4 Å². The Labute approximate surface area is 138 Å². The average Bonchev–Trinajstić information content (AvgIpc) is 2.86. The highest BCUT2D eigenvalue weighted by molar-refractivity contribution is 5.80. The molecule has 1 saturated heterocycles. The van der Waals surface area contributed by atoms with Crippen LogP contribution in [0.25, 0.3) is 0 Å². The van der Waals surface area contributed by atoms with Crippen molar-refractivity contribution in [1.82, 2.24) is 10.2 Å². The topological polar surface area (TPSA) is 32.3 Å². The van der Waals surface area contributed by atoms with Crippen LogP contribution in [-0.2, 0) is 11.2 Å². The van der Waals surface area contributed by atoms with Crippen LogP contribution >= 0.6 is 0 Å². The van der Waals surface area contributed by atoms with E-state index in [4.69, 9.17) is 0 Å². The Balaban J connectivity index is 1.81. The summed E-state index contributed by atoms with van der Waals surface area (Å²) in [5.74, 6) is 0.113. The minimum atomic E-state index is -0.00758. The van der Waals surface area contributed by atoms with Gasteiger partial charge in [-0.2, -0.15) is 0 Å². The lowest BCUT2D eigenvalue weighted by molar-refractivity contribution is -0.118. The molecule has 120 valence electrons. The maximum atomic E-state index is 12.0. The molecule has 23 heavy (non-hydrogen) atoms. The van der Waals surface area contributed by atoms with Gasteiger partial charge in [0.05, 0.1) is 6.54 Å². The van der Waals surface area contributed by atoms with Crippen molar-refractivity contribution in [2.45, 2.75) is 33.4 Å². The van der Waals surface area contributed by atoms with Gasteiger partial charge in [0.1, 0.15) is 6.17 Å². The summed E-state index contributed by atoms with van der Waals surface area (Å²) in [5, 5.41) is 3.14. The SMILES string of the molecule is Cc1cc(C)c(C2NC(=O)CN2CCc2ccccc2)c(C)c1. The minimum absolute atomic E-state index is 0.00758. The standard InChI is InChI=1S/C20H24N2O/c1-14-11-15(2)19(16(3)12-14)20-21-18(23)13-22(20)10-9-17-7-5-4-6-8-17/h4-8,11-12,20H,9-10,13H2,1-3H3,(H,21,23). The van der Waals surface area contributed by atoms with E-state index >= 15 is 0 Å². The zero-order valence-corrected chi connectivity index (χ0v) is 14.1. The lowest BCUT2D eigenvalue weighted by atomic mass is 9.97. The number of amides is 1. The zero-order valence-electron chi connectivity index (χ0n) is 14.1. The van der Waals surface area contributed by atoms with E-state index in [1.54, 1.807) is 0 Å². The van der Waals surface area contributed by atoms with Crippen molar-refractivity contribution >= 4 is 5.91 Å². The highest BCUT2D eigenvalue weighted by Crippen LogP contribution is 2.29. The Kier molecular flexibility index (Phi) is 4.49. The fraction of sp³-hybridized carbons (Fsp3) is 0.350. The first kappa shape index (κ1) is 15.8. The van der Waals surface area contributed by atoms with Gasteiger partial charge in [0.2, 0.25) is 5.91 Å². The summed E-state index contributed by atoms with van der Waals surface area (Å²) in [6.07, 6.45) is 0.947. The van der Waals surface area contributed by atoms with Gasteiger partial charge in [-0.25, -0.2) is 0 Å². The van der Waals surface area contributed by atoms with Gasteiger partial charge < -0.3 is 5.32 Å². The van der Waals surface area contributed by atoms with Crippen LogP contribution in [0.5, 0.6) is 0 Å². The minimum Gasteiger partial charge on any atom is -0.335 e. The number of carbonyl (C=O) groups excluding carboxylic acids is 1. The van der Waals surface area contributed by atoms with Gasteiger partial charge in [-0.3, -0.25) is 9.69 Å². The van der Waals surface area contributed by atoms with Crippen molar-refractivity contribution in [1.29, 1.82) is 0 Å². The van der Waals surface area contributed by atoms with Crippen LogP contribution in [0.2, 0.25) is 0 Å². The molecule has 0 aromatic heterocycles. The number of nitrogens with one attached hydrogen (secondary N) is 1. The van der Waals surface area contributed by atoms with E-state index in [1.807, 2.05) is 6.07 Å². The fourth-order valence-corrected chi connectivity index (χ4v) is 3.57. The fourth-order valence-electron chi connectivity index (χ4n) is 3.57. The first-order chi connectivity index (χ1) is 11.0. The highest BCUT2D eigenvalue weighted by Gasteiger charge is 2.32. The van der Waals surface area contributed by atoms with E-state index in [-0.39, 0.29) is 12.1 Å². The predicted octanol–water partition coefficient (Wildman–Crippen LogP) is 3.28. The van der Waals surface area contributed by atoms with Crippen LogP contribution in [0.15, 0.2) is 42.5 Å². The molecule has 0 aliphatic carbocycles. The van der Waals surface area contributed by atoms with E-state index in [9.17, 15) is 4.79 Å². The molecule has 3 nitrogen and oxygen atoms in total. The molecular weight excluding hydrogens is 284 g/mol. The summed E-state index contributed by atoms with van der Waals surface area (Å²) in [5.41, 5.74) is 6.32. The number of nitrogens with zero attached hydrogens (tertiary/aromatic N) is 1. The Morgan fingerprint density at radius 3 is 2.39 bits per heavy atom. The molecular formula is C20H24N2O. The Morgan fingerprint density at radius 2 is 1.74 bits per heavy atom. The average molecular weight is 308 g/mol. The number of carbonyl (C=O) groups is 1. The zero-order chi connectivity index (χ0) is 16.4. The molecule has 1 fully saturated rings. The molecule has 2 aromatic rings. The Hall–Kier alpha value is -2.13. The Bertz CT molecular complexity index is 686. The van der Waals surface area contributed by atoms with Gasteiger partial charge in [-0.1, -0.05) is 48.0 Å². The third-order valence-corrected chi connectivity index (χ3v) is 4.55. The third-order valence-electron chi connectivity index (χ3n) is 4.55. The summed E-state index contributed by atoms with van der Waals surface area (Å²) in [4.78, 5) is 14.2. The van der Waals surface area contributed by atoms with Gasteiger partial charge in [0.15, 0.2) is 0 Å². The first-order valence-electron chi connectivity index (χ1n) is 8.19. The number of benzene rings is 2. The third kappa shape index (κ3) is 3.45. The lowest BCUT2D eigenvalue weighted by Gasteiger charge is -2.26. The number of aryl methyl sites for hydroxylation is 3. The monoisotopic (exact) mass is 308 g/mol. The lowest BCUT2D eigenvalue weighted by Crippen LogP contribution is -2.30. The van der Waals surface area contributed by atoms with Crippen LogP contribution < -0.4 is 5.32 Å². The second kappa shape index (κ2) is 6.55. The molecule has 2 aromatic carbocycles. The summed E-state index contributed by atoms with van der Waals surface area (Å²) in [7, 11) is 0. The van der Waals surface area contributed by atoms with Crippen molar-refractivity contribution in [3.05, 3.63) is 70.3 Å². The van der Waals surface area contributed by atoms with Crippen molar-refractivity contribution in [3.8, 4) is 0 Å². The molecule has 1 amide bonds. The molecule has 1 heterocycles. The quantitative estimate of drug-likeness (QED) is 0.940. The molecule has 1 aliphatic heterocycles. The van der Waals surface area contributed by atoms with Gasteiger partial charge in [-0.05, 0) is 49.4 Å².